The molecule has 0 saturated heterocycles. The van der Waals surface area contributed by atoms with Crippen molar-refractivity contribution in [3.8, 4) is 0 Å². The van der Waals surface area contributed by atoms with E-state index in [9.17, 15) is 4.39 Å². The Morgan fingerprint density at radius 3 is 2.67 bits per heavy atom. The summed E-state index contributed by atoms with van der Waals surface area (Å²) in [4.78, 5) is 12.3. The largest absolute Gasteiger partial charge is 0.393 e. The minimum atomic E-state index is -0.295. The van der Waals surface area contributed by atoms with E-state index in [-0.39, 0.29) is 5.82 Å². The van der Waals surface area contributed by atoms with Crippen LogP contribution in [0.25, 0.3) is 0 Å². The molecule has 0 unspecified atom stereocenters. The predicted octanol–water partition coefficient (Wildman–Crippen LogP) is 2.64. The van der Waals surface area contributed by atoms with E-state index in [4.69, 9.17) is 5.73 Å². The monoisotopic (exact) mass is 327 g/mol. The maximum Gasteiger partial charge on any atom is 0.159 e. The summed E-state index contributed by atoms with van der Waals surface area (Å²) in [6, 6.07) is 5.98. The van der Waals surface area contributed by atoms with E-state index in [1.165, 1.54) is 18.5 Å². The van der Waals surface area contributed by atoms with E-state index in [1.807, 2.05) is 10.8 Å². The minimum Gasteiger partial charge on any atom is -0.393 e. The van der Waals surface area contributed by atoms with Gasteiger partial charge in [-0.15, -0.1) is 0 Å². The summed E-state index contributed by atoms with van der Waals surface area (Å²) in [7, 11) is 0. The molecule has 4 N–H and O–H groups in total. The molecule has 1 aromatic carbocycles. The lowest BCUT2D eigenvalue weighted by Gasteiger charge is -2.12. The highest BCUT2D eigenvalue weighted by Gasteiger charge is 2.08. The van der Waals surface area contributed by atoms with Crippen LogP contribution >= 0.6 is 0 Å². The summed E-state index contributed by atoms with van der Waals surface area (Å²) in [6.45, 7) is 1.58. The van der Waals surface area contributed by atoms with Crippen LogP contribution in [-0.2, 0) is 6.54 Å². The topological polar surface area (TPSA) is 93.7 Å². The van der Waals surface area contributed by atoms with Crippen molar-refractivity contribution in [2.75, 3.05) is 22.9 Å². The van der Waals surface area contributed by atoms with E-state index >= 15 is 0 Å². The highest BCUT2D eigenvalue weighted by Crippen LogP contribution is 2.25. The van der Waals surface area contributed by atoms with Gasteiger partial charge < -0.3 is 20.9 Å². The van der Waals surface area contributed by atoms with E-state index in [2.05, 4.69) is 25.6 Å². The Morgan fingerprint density at radius 2 is 1.92 bits per heavy atom. The number of rotatable bonds is 7. The summed E-state index contributed by atoms with van der Waals surface area (Å²) in [5, 5.41) is 6.26. The molecule has 124 valence electrons. The molecule has 8 heteroatoms. The Kier molecular flexibility index (Phi) is 4.85. The van der Waals surface area contributed by atoms with Crippen LogP contribution in [0.1, 0.15) is 6.42 Å². The molecule has 3 rings (SSSR count). The van der Waals surface area contributed by atoms with Crippen LogP contribution in [0.5, 0.6) is 0 Å². The molecule has 0 radical (unpaired) electrons. The van der Waals surface area contributed by atoms with Gasteiger partial charge in [0.25, 0.3) is 0 Å². The van der Waals surface area contributed by atoms with Crippen LogP contribution in [0.3, 0.4) is 0 Å². The van der Waals surface area contributed by atoms with Crippen LogP contribution in [0.4, 0.5) is 27.4 Å². The number of nitrogen functional groups attached to an aromatic ring is 1. The quantitative estimate of drug-likeness (QED) is 0.578. The Bertz CT molecular complexity index is 772. The van der Waals surface area contributed by atoms with Crippen molar-refractivity contribution in [2.24, 2.45) is 0 Å². The van der Waals surface area contributed by atoms with Crippen molar-refractivity contribution in [1.29, 1.82) is 0 Å². The molecule has 0 aliphatic rings. The zero-order valence-electron chi connectivity index (χ0n) is 13.0. The second-order valence-electron chi connectivity index (χ2n) is 5.20. The molecule has 0 atom stereocenters. The predicted molar refractivity (Wildman–Crippen MR) is 91.5 cm³/mol. The van der Waals surface area contributed by atoms with Gasteiger partial charge in [-0.3, -0.25) is 0 Å². The number of halogens is 1. The smallest absolute Gasteiger partial charge is 0.159 e. The third-order valence-electron chi connectivity index (χ3n) is 3.44. The highest BCUT2D eigenvalue weighted by atomic mass is 19.1. The summed E-state index contributed by atoms with van der Waals surface area (Å²) in [5.74, 6) is 0.755. The number of aryl methyl sites for hydroxylation is 1. The number of anilines is 4. The first-order chi connectivity index (χ1) is 11.7. The molecule has 0 bridgehead atoms. The number of imidazole rings is 1. The lowest BCUT2D eigenvalue weighted by atomic mass is 10.3. The van der Waals surface area contributed by atoms with Gasteiger partial charge in [0.15, 0.2) is 11.6 Å². The Morgan fingerprint density at radius 1 is 1.12 bits per heavy atom. The molecule has 0 amide bonds. The van der Waals surface area contributed by atoms with Gasteiger partial charge in [-0.1, -0.05) is 0 Å². The highest BCUT2D eigenvalue weighted by molar-refractivity contribution is 5.77. The van der Waals surface area contributed by atoms with Crippen LogP contribution in [0.15, 0.2) is 49.3 Å². The number of hydrogen-bond donors (Lipinski definition) is 3. The average Bonchev–Trinajstić information content (AvgIpc) is 3.10. The zero-order chi connectivity index (χ0) is 16.8. The normalized spacial score (nSPS) is 10.5. The van der Waals surface area contributed by atoms with Crippen molar-refractivity contribution >= 4 is 23.0 Å². The number of nitrogens with two attached hydrogens (primary N) is 1. The Balaban J connectivity index is 1.59. The van der Waals surface area contributed by atoms with Crippen molar-refractivity contribution in [2.45, 2.75) is 13.0 Å². The molecule has 2 aromatic heterocycles. The zero-order valence-corrected chi connectivity index (χ0v) is 13.0. The summed E-state index contributed by atoms with van der Waals surface area (Å²) < 4.78 is 15.0. The average molecular weight is 327 g/mol. The second-order valence-corrected chi connectivity index (χ2v) is 5.20. The molecule has 0 aliphatic heterocycles. The van der Waals surface area contributed by atoms with E-state index in [1.54, 1.807) is 24.7 Å². The summed E-state index contributed by atoms with van der Waals surface area (Å²) >= 11 is 0. The molecule has 0 saturated carbocycles. The fraction of sp³-hybridized carbons (Fsp3) is 0.188. The van der Waals surface area contributed by atoms with Crippen molar-refractivity contribution in [3.63, 3.8) is 0 Å². The van der Waals surface area contributed by atoms with Gasteiger partial charge in [0.1, 0.15) is 17.8 Å². The molecule has 2 heterocycles. The van der Waals surface area contributed by atoms with Gasteiger partial charge in [-0.2, -0.15) is 0 Å². The molecule has 24 heavy (non-hydrogen) atoms. The molecule has 0 aliphatic carbocycles. The van der Waals surface area contributed by atoms with Gasteiger partial charge in [0.05, 0.1) is 6.33 Å². The first-order valence-corrected chi connectivity index (χ1v) is 7.55. The second kappa shape index (κ2) is 7.40. The molecular weight excluding hydrogens is 309 g/mol. The molecule has 0 spiro atoms. The minimum absolute atomic E-state index is 0.295. The van der Waals surface area contributed by atoms with Crippen molar-refractivity contribution in [3.05, 3.63) is 55.1 Å². The molecule has 7 nitrogen and oxygen atoms in total. The summed E-state index contributed by atoms with van der Waals surface area (Å²) in [5.41, 5.74) is 7.22. The molecule has 0 fully saturated rings. The van der Waals surface area contributed by atoms with Crippen molar-refractivity contribution < 1.29 is 4.39 Å². The fourth-order valence-electron chi connectivity index (χ4n) is 2.19. The summed E-state index contributed by atoms with van der Waals surface area (Å²) in [6.07, 6.45) is 7.79. The first kappa shape index (κ1) is 15.7. The third kappa shape index (κ3) is 3.97. The SMILES string of the molecule is Nc1c(NCCCn2ccnc2)ncnc1Nc1ccc(F)cc1. The number of aromatic nitrogens is 4. The molecular formula is C16H18FN7. The number of hydrogen-bond acceptors (Lipinski definition) is 6. The number of nitrogens with one attached hydrogen (secondary N) is 2. The van der Waals surface area contributed by atoms with Gasteiger partial charge in [-0.25, -0.2) is 19.3 Å². The van der Waals surface area contributed by atoms with Gasteiger partial charge in [0.2, 0.25) is 0 Å². The van der Waals surface area contributed by atoms with Gasteiger partial charge >= 0.3 is 0 Å². The molecule has 3 aromatic rings. The van der Waals surface area contributed by atoms with Crippen LogP contribution in [0, 0.1) is 5.82 Å². The van der Waals surface area contributed by atoms with E-state index < -0.39 is 0 Å². The van der Waals surface area contributed by atoms with Crippen LogP contribution < -0.4 is 16.4 Å². The van der Waals surface area contributed by atoms with Crippen molar-refractivity contribution in [1.82, 2.24) is 19.5 Å². The van der Waals surface area contributed by atoms with Gasteiger partial charge in [-0.05, 0) is 30.7 Å². The fourth-order valence-corrected chi connectivity index (χ4v) is 2.19. The Hall–Kier alpha value is -3.16. The maximum atomic E-state index is 12.9. The number of benzene rings is 1. The maximum absolute atomic E-state index is 12.9. The lowest BCUT2D eigenvalue weighted by Crippen LogP contribution is -2.10. The van der Waals surface area contributed by atoms with Crippen LogP contribution in [0.2, 0.25) is 0 Å². The first-order valence-electron chi connectivity index (χ1n) is 7.55. The standard InChI is InChI=1S/C16H18FN7/c17-12-2-4-13(5-3-12)23-16-14(18)15(21-10-22-16)20-6-1-8-24-9-7-19-11-24/h2-5,7,9-11H,1,6,8,18H2,(H2,20,21,22,23). The Labute approximate surface area is 138 Å². The van der Waals surface area contributed by atoms with E-state index in [0.717, 1.165) is 19.5 Å². The van der Waals surface area contributed by atoms with E-state index in [0.29, 0.717) is 23.0 Å². The van der Waals surface area contributed by atoms with Crippen LogP contribution in [-0.4, -0.2) is 26.1 Å². The number of nitrogens with zero attached hydrogens (tertiary/aromatic N) is 4. The third-order valence-corrected chi connectivity index (χ3v) is 3.44. The van der Waals surface area contributed by atoms with Gasteiger partial charge in [0, 0.05) is 31.2 Å². The lowest BCUT2D eigenvalue weighted by molar-refractivity contribution is 0.628.